The molecule has 140 valence electrons. The number of nitro groups is 1. The molecule has 0 aliphatic carbocycles. The molecule has 0 aliphatic heterocycles. The molecule has 0 unspecified atom stereocenters. The molecule has 1 heterocycles. The van der Waals surface area contributed by atoms with Crippen LogP contribution in [0.15, 0.2) is 41.9 Å². The number of amides is 2. The van der Waals surface area contributed by atoms with Crippen LogP contribution < -0.4 is 15.5 Å². The highest BCUT2D eigenvalue weighted by atomic mass is 16.6. The van der Waals surface area contributed by atoms with Crippen LogP contribution in [-0.4, -0.2) is 39.5 Å². The number of nitrogens with one attached hydrogen (secondary N) is 2. The van der Waals surface area contributed by atoms with Crippen LogP contribution >= 0.6 is 0 Å². The van der Waals surface area contributed by atoms with Gasteiger partial charge >= 0.3 is 0 Å². The molecule has 0 atom stereocenters. The van der Waals surface area contributed by atoms with Crippen molar-refractivity contribution in [2.24, 2.45) is 5.10 Å². The summed E-state index contributed by atoms with van der Waals surface area (Å²) in [4.78, 5) is 42.0. The van der Waals surface area contributed by atoms with Crippen LogP contribution in [0.5, 0.6) is 5.75 Å². The van der Waals surface area contributed by atoms with Crippen molar-refractivity contribution in [3.05, 3.63) is 52.6 Å². The predicted octanol–water partition coefficient (Wildman–Crippen LogP) is 1.53. The minimum atomic E-state index is -0.625. The number of hydrogen-bond donors (Lipinski definition) is 2. The SMILES string of the molecule is COc1ccc(NC(=O)CC(C)=NNC(=O)c2cnccn2)c([N+](=O)[O-])c1. The van der Waals surface area contributed by atoms with Gasteiger partial charge in [-0.2, -0.15) is 5.10 Å². The van der Waals surface area contributed by atoms with E-state index in [2.05, 4.69) is 25.8 Å². The summed E-state index contributed by atoms with van der Waals surface area (Å²) in [6.45, 7) is 1.53. The second-order valence-electron chi connectivity index (χ2n) is 5.24. The van der Waals surface area contributed by atoms with Crippen LogP contribution in [0.25, 0.3) is 0 Å². The first-order valence-electron chi connectivity index (χ1n) is 7.62. The average molecular weight is 372 g/mol. The summed E-state index contributed by atoms with van der Waals surface area (Å²) < 4.78 is 4.93. The summed E-state index contributed by atoms with van der Waals surface area (Å²) in [5.74, 6) is -0.809. The monoisotopic (exact) mass is 372 g/mol. The fraction of sp³-hybridized carbons (Fsp3) is 0.188. The molecular weight excluding hydrogens is 356 g/mol. The van der Waals surface area contributed by atoms with Gasteiger partial charge in [0.25, 0.3) is 11.6 Å². The van der Waals surface area contributed by atoms with Crippen LogP contribution in [0, 0.1) is 10.1 Å². The van der Waals surface area contributed by atoms with E-state index in [0.29, 0.717) is 11.5 Å². The molecule has 1 aromatic carbocycles. The van der Waals surface area contributed by atoms with Gasteiger partial charge in [0.05, 0.1) is 30.7 Å². The van der Waals surface area contributed by atoms with Crippen molar-refractivity contribution in [2.45, 2.75) is 13.3 Å². The van der Waals surface area contributed by atoms with Crippen LogP contribution in [0.3, 0.4) is 0 Å². The first-order valence-corrected chi connectivity index (χ1v) is 7.62. The van der Waals surface area contributed by atoms with Crippen molar-refractivity contribution in [1.82, 2.24) is 15.4 Å². The summed E-state index contributed by atoms with van der Waals surface area (Å²) in [6, 6.07) is 4.07. The highest BCUT2D eigenvalue weighted by molar-refractivity contribution is 6.06. The zero-order valence-electron chi connectivity index (χ0n) is 14.5. The lowest BCUT2D eigenvalue weighted by Gasteiger charge is -2.07. The lowest BCUT2D eigenvalue weighted by Crippen LogP contribution is -2.22. The molecule has 11 heteroatoms. The van der Waals surface area contributed by atoms with Crippen LogP contribution in [0.1, 0.15) is 23.8 Å². The zero-order valence-corrected chi connectivity index (χ0v) is 14.5. The number of anilines is 1. The van der Waals surface area contributed by atoms with Gasteiger partial charge in [-0.1, -0.05) is 0 Å². The number of nitrogens with zero attached hydrogens (tertiary/aromatic N) is 4. The molecule has 0 spiro atoms. The van der Waals surface area contributed by atoms with Gasteiger partial charge in [-0.05, 0) is 19.1 Å². The molecule has 2 amide bonds. The second kappa shape index (κ2) is 8.99. The first-order chi connectivity index (χ1) is 12.9. The Morgan fingerprint density at radius 2 is 2.11 bits per heavy atom. The third kappa shape index (κ3) is 5.56. The van der Waals surface area contributed by atoms with Crippen LogP contribution in [0.4, 0.5) is 11.4 Å². The number of carbonyl (C=O) groups excluding carboxylic acids is 2. The Kier molecular flexibility index (Phi) is 6.47. The number of ether oxygens (including phenoxy) is 1. The van der Waals surface area contributed by atoms with Crippen LogP contribution in [-0.2, 0) is 4.79 Å². The average Bonchev–Trinajstić information content (AvgIpc) is 2.66. The molecule has 0 saturated heterocycles. The Morgan fingerprint density at radius 3 is 2.74 bits per heavy atom. The zero-order chi connectivity index (χ0) is 19.8. The van der Waals surface area contributed by atoms with Gasteiger partial charge in [-0.3, -0.25) is 24.7 Å². The second-order valence-corrected chi connectivity index (χ2v) is 5.24. The number of benzene rings is 1. The molecule has 2 N–H and O–H groups in total. The highest BCUT2D eigenvalue weighted by Crippen LogP contribution is 2.28. The maximum Gasteiger partial charge on any atom is 0.296 e. The third-order valence-corrected chi connectivity index (χ3v) is 3.24. The fourth-order valence-electron chi connectivity index (χ4n) is 1.98. The van der Waals surface area contributed by atoms with E-state index in [1.807, 2.05) is 0 Å². The summed E-state index contributed by atoms with van der Waals surface area (Å²) in [5.41, 5.74) is 2.36. The minimum absolute atomic E-state index is 0.0298. The first kappa shape index (κ1) is 19.4. The minimum Gasteiger partial charge on any atom is -0.496 e. The maximum absolute atomic E-state index is 12.1. The number of nitro benzene ring substituents is 1. The van der Waals surface area contributed by atoms with E-state index in [0.717, 1.165) is 0 Å². The van der Waals surface area contributed by atoms with Gasteiger partial charge in [0.15, 0.2) is 0 Å². The van der Waals surface area contributed by atoms with Gasteiger partial charge in [0.2, 0.25) is 5.91 Å². The summed E-state index contributed by atoms with van der Waals surface area (Å²) in [7, 11) is 1.38. The Hall–Kier alpha value is -3.89. The van der Waals surface area contributed by atoms with Gasteiger partial charge < -0.3 is 10.1 Å². The molecule has 0 fully saturated rings. The highest BCUT2D eigenvalue weighted by Gasteiger charge is 2.17. The molecule has 1 aromatic heterocycles. The normalized spacial score (nSPS) is 10.8. The van der Waals surface area contributed by atoms with E-state index in [1.54, 1.807) is 0 Å². The summed E-state index contributed by atoms with van der Waals surface area (Å²) in [5, 5.41) is 17.4. The third-order valence-electron chi connectivity index (χ3n) is 3.24. The lowest BCUT2D eigenvalue weighted by atomic mass is 10.2. The van der Waals surface area contributed by atoms with E-state index in [4.69, 9.17) is 4.74 Å². The number of methoxy groups -OCH3 is 1. The predicted molar refractivity (Wildman–Crippen MR) is 95.5 cm³/mol. The molecule has 0 bridgehead atoms. The Morgan fingerprint density at radius 1 is 1.33 bits per heavy atom. The molecule has 0 radical (unpaired) electrons. The van der Waals surface area contributed by atoms with Crippen molar-refractivity contribution >= 4 is 28.9 Å². The Bertz CT molecular complexity index is 884. The molecule has 0 saturated carbocycles. The van der Waals surface area contributed by atoms with Crippen molar-refractivity contribution in [3.63, 3.8) is 0 Å². The number of carbonyl (C=O) groups is 2. The van der Waals surface area contributed by atoms with Crippen molar-refractivity contribution in [2.75, 3.05) is 12.4 Å². The summed E-state index contributed by atoms with van der Waals surface area (Å²) in [6.07, 6.45) is 3.88. The lowest BCUT2D eigenvalue weighted by molar-refractivity contribution is -0.384. The van der Waals surface area contributed by atoms with Gasteiger partial charge in [-0.25, -0.2) is 10.4 Å². The van der Waals surface area contributed by atoms with E-state index in [9.17, 15) is 19.7 Å². The summed E-state index contributed by atoms with van der Waals surface area (Å²) >= 11 is 0. The van der Waals surface area contributed by atoms with Crippen molar-refractivity contribution < 1.29 is 19.2 Å². The van der Waals surface area contributed by atoms with E-state index in [-0.39, 0.29) is 23.5 Å². The van der Waals surface area contributed by atoms with E-state index < -0.39 is 16.7 Å². The standard InChI is InChI=1S/C16H16N6O5/c1-10(20-21-16(24)13-9-17-5-6-18-13)7-15(23)19-12-4-3-11(27-2)8-14(12)22(25)26/h3-6,8-9H,7H2,1-2H3,(H,19,23)(H,21,24). The van der Waals surface area contributed by atoms with Gasteiger partial charge in [-0.15, -0.1) is 0 Å². The molecular formula is C16H16N6O5. The molecule has 2 aromatic rings. The van der Waals surface area contributed by atoms with Gasteiger partial charge in [0, 0.05) is 18.1 Å². The Balaban J connectivity index is 1.99. The molecule has 2 rings (SSSR count). The Labute approximate surface area is 153 Å². The number of hydrazone groups is 1. The van der Waals surface area contributed by atoms with Crippen molar-refractivity contribution in [3.8, 4) is 5.75 Å². The molecule has 0 aliphatic rings. The molecule has 11 nitrogen and oxygen atoms in total. The quantitative estimate of drug-likeness (QED) is 0.425. The largest absolute Gasteiger partial charge is 0.496 e. The maximum atomic E-state index is 12.1. The van der Waals surface area contributed by atoms with Crippen molar-refractivity contribution in [1.29, 1.82) is 0 Å². The number of rotatable bonds is 7. The number of aromatic nitrogens is 2. The number of hydrogen-bond acceptors (Lipinski definition) is 8. The van der Waals surface area contributed by atoms with E-state index >= 15 is 0 Å². The fourth-order valence-corrected chi connectivity index (χ4v) is 1.98. The van der Waals surface area contributed by atoms with E-state index in [1.165, 1.54) is 50.8 Å². The van der Waals surface area contributed by atoms with Gasteiger partial charge in [0.1, 0.15) is 17.1 Å². The molecule has 27 heavy (non-hydrogen) atoms. The van der Waals surface area contributed by atoms with Crippen LogP contribution in [0.2, 0.25) is 0 Å². The topological polar surface area (TPSA) is 149 Å². The smallest absolute Gasteiger partial charge is 0.296 e.